The van der Waals surface area contributed by atoms with Crippen molar-refractivity contribution < 1.29 is 17.6 Å². The van der Waals surface area contributed by atoms with E-state index < -0.39 is 15.8 Å². The summed E-state index contributed by atoms with van der Waals surface area (Å²) in [6.45, 7) is 2.13. The van der Waals surface area contributed by atoms with Crippen LogP contribution in [0.4, 0.5) is 0 Å². The molecule has 0 aliphatic carbocycles. The number of nitrogens with zero attached hydrogens (tertiary/aromatic N) is 2. The molecule has 1 N–H and O–H groups in total. The number of hydrogen-bond donors (Lipinski definition) is 1. The predicted molar refractivity (Wildman–Crippen MR) is 103 cm³/mol. The number of piperidine rings is 1. The highest BCUT2D eigenvalue weighted by molar-refractivity contribution is 7.89. The van der Waals surface area contributed by atoms with Gasteiger partial charge >= 0.3 is 5.76 Å². The molecular weight excluding hydrogens is 382 g/mol. The molecule has 2 fully saturated rings. The van der Waals surface area contributed by atoms with Crippen LogP contribution in [-0.4, -0.2) is 54.7 Å². The van der Waals surface area contributed by atoms with Crippen molar-refractivity contribution in [1.29, 1.82) is 0 Å². The highest BCUT2D eigenvalue weighted by Crippen LogP contribution is 2.27. The molecule has 0 radical (unpaired) electrons. The summed E-state index contributed by atoms with van der Waals surface area (Å²) < 4.78 is 32.6. The van der Waals surface area contributed by atoms with Crippen molar-refractivity contribution in [2.45, 2.75) is 43.4 Å². The van der Waals surface area contributed by atoms with E-state index in [4.69, 9.17) is 4.42 Å². The third-order valence-electron chi connectivity index (χ3n) is 5.68. The molecule has 152 valence electrons. The first-order valence-electron chi connectivity index (χ1n) is 9.87. The number of carbonyl (C=O) groups is 1. The van der Waals surface area contributed by atoms with Crippen LogP contribution in [0.2, 0.25) is 0 Å². The van der Waals surface area contributed by atoms with Gasteiger partial charge in [-0.2, -0.15) is 4.31 Å². The zero-order valence-electron chi connectivity index (χ0n) is 15.7. The molecule has 1 aromatic heterocycles. The number of aromatic nitrogens is 1. The molecule has 2 aliphatic heterocycles. The first kappa shape index (κ1) is 19.2. The summed E-state index contributed by atoms with van der Waals surface area (Å²) in [6, 6.07) is 4.35. The van der Waals surface area contributed by atoms with E-state index in [1.807, 2.05) is 4.90 Å². The second kappa shape index (κ2) is 7.71. The fraction of sp³-hybridized carbons (Fsp3) is 0.579. The summed E-state index contributed by atoms with van der Waals surface area (Å²) in [4.78, 5) is 28.7. The first-order chi connectivity index (χ1) is 13.4. The van der Waals surface area contributed by atoms with E-state index in [1.54, 1.807) is 0 Å². The molecular formula is C19H25N3O5S. The minimum absolute atomic E-state index is 0.0746. The Morgan fingerprint density at radius 2 is 1.82 bits per heavy atom. The lowest BCUT2D eigenvalue weighted by Gasteiger charge is -2.34. The SMILES string of the molecule is O=C([C@@H]1CCCN(S(=O)(=O)c2ccc3[nH]c(=O)oc3c2)C1)N1CCCCCC1. The van der Waals surface area contributed by atoms with Crippen LogP contribution in [0.3, 0.4) is 0 Å². The van der Waals surface area contributed by atoms with Gasteiger partial charge in [0.05, 0.1) is 16.3 Å². The monoisotopic (exact) mass is 407 g/mol. The number of aromatic amines is 1. The van der Waals surface area contributed by atoms with Gasteiger partial charge in [0.25, 0.3) is 0 Å². The smallest absolute Gasteiger partial charge is 0.408 e. The fourth-order valence-electron chi connectivity index (χ4n) is 4.15. The number of benzene rings is 1. The second-order valence-electron chi connectivity index (χ2n) is 7.61. The van der Waals surface area contributed by atoms with Crippen molar-refractivity contribution in [3.63, 3.8) is 0 Å². The predicted octanol–water partition coefficient (Wildman–Crippen LogP) is 1.92. The van der Waals surface area contributed by atoms with Crippen LogP contribution < -0.4 is 5.76 Å². The van der Waals surface area contributed by atoms with Crippen LogP contribution in [0.25, 0.3) is 11.1 Å². The maximum atomic E-state index is 13.1. The lowest BCUT2D eigenvalue weighted by Crippen LogP contribution is -2.46. The molecule has 2 aromatic rings. The van der Waals surface area contributed by atoms with Gasteiger partial charge in [0.15, 0.2) is 5.58 Å². The first-order valence-corrected chi connectivity index (χ1v) is 11.3. The Labute approximate surface area is 163 Å². The van der Waals surface area contributed by atoms with Gasteiger partial charge in [-0.05, 0) is 37.8 Å². The van der Waals surface area contributed by atoms with E-state index in [0.29, 0.717) is 24.9 Å². The van der Waals surface area contributed by atoms with E-state index in [0.717, 1.165) is 38.8 Å². The van der Waals surface area contributed by atoms with E-state index in [1.165, 1.54) is 22.5 Å². The van der Waals surface area contributed by atoms with Crippen LogP contribution in [0, 0.1) is 5.92 Å². The maximum absolute atomic E-state index is 13.1. The van der Waals surface area contributed by atoms with Crippen LogP contribution in [0.15, 0.2) is 32.3 Å². The average molecular weight is 407 g/mol. The van der Waals surface area contributed by atoms with Crippen molar-refractivity contribution in [1.82, 2.24) is 14.2 Å². The molecule has 4 rings (SSSR count). The number of rotatable bonds is 3. The Morgan fingerprint density at radius 3 is 2.57 bits per heavy atom. The third-order valence-corrected chi connectivity index (χ3v) is 7.54. The summed E-state index contributed by atoms with van der Waals surface area (Å²) in [5, 5.41) is 0. The summed E-state index contributed by atoms with van der Waals surface area (Å²) in [5.74, 6) is -0.838. The largest absolute Gasteiger partial charge is 0.417 e. The Hall–Kier alpha value is -2.13. The highest BCUT2D eigenvalue weighted by Gasteiger charge is 2.35. The molecule has 8 nitrogen and oxygen atoms in total. The molecule has 3 heterocycles. The van der Waals surface area contributed by atoms with Gasteiger partial charge < -0.3 is 9.32 Å². The van der Waals surface area contributed by atoms with E-state index >= 15 is 0 Å². The molecule has 1 atom stereocenters. The molecule has 2 saturated heterocycles. The van der Waals surface area contributed by atoms with E-state index in [-0.39, 0.29) is 28.8 Å². The zero-order valence-corrected chi connectivity index (χ0v) is 16.5. The minimum atomic E-state index is -3.76. The molecule has 1 amide bonds. The molecule has 0 unspecified atom stereocenters. The molecule has 2 aliphatic rings. The normalized spacial score (nSPS) is 22.3. The van der Waals surface area contributed by atoms with Crippen LogP contribution >= 0.6 is 0 Å². The van der Waals surface area contributed by atoms with Gasteiger partial charge in [-0.1, -0.05) is 12.8 Å². The lowest BCUT2D eigenvalue weighted by atomic mass is 9.98. The van der Waals surface area contributed by atoms with Gasteiger partial charge in [0.1, 0.15) is 0 Å². The summed E-state index contributed by atoms with van der Waals surface area (Å²) in [5.41, 5.74) is 0.664. The van der Waals surface area contributed by atoms with Crippen LogP contribution in [-0.2, 0) is 14.8 Å². The Morgan fingerprint density at radius 1 is 1.07 bits per heavy atom. The summed E-state index contributed by atoms with van der Waals surface area (Å²) in [7, 11) is -3.76. The molecule has 28 heavy (non-hydrogen) atoms. The summed E-state index contributed by atoms with van der Waals surface area (Å²) >= 11 is 0. The quantitative estimate of drug-likeness (QED) is 0.837. The number of oxazole rings is 1. The van der Waals surface area contributed by atoms with Crippen molar-refractivity contribution >= 4 is 27.0 Å². The Kier molecular flexibility index (Phi) is 5.29. The zero-order chi connectivity index (χ0) is 19.7. The Bertz CT molecular complexity index is 1020. The summed E-state index contributed by atoms with van der Waals surface area (Å²) in [6.07, 6.45) is 5.70. The fourth-order valence-corrected chi connectivity index (χ4v) is 5.69. The van der Waals surface area contributed by atoms with Crippen molar-refractivity contribution in [2.75, 3.05) is 26.2 Å². The van der Waals surface area contributed by atoms with E-state index in [9.17, 15) is 18.0 Å². The number of likely N-dealkylation sites (tertiary alicyclic amines) is 1. The second-order valence-corrected chi connectivity index (χ2v) is 9.55. The van der Waals surface area contributed by atoms with E-state index in [2.05, 4.69) is 4.98 Å². The lowest BCUT2D eigenvalue weighted by molar-refractivity contribution is -0.136. The van der Waals surface area contributed by atoms with Gasteiger partial charge in [-0.15, -0.1) is 0 Å². The Balaban J connectivity index is 1.53. The van der Waals surface area contributed by atoms with Crippen LogP contribution in [0.1, 0.15) is 38.5 Å². The molecule has 9 heteroatoms. The standard InChI is InChI=1S/C19H25N3O5S/c23-18(21-9-3-1-2-4-10-21)14-6-5-11-22(13-14)28(25,26)15-7-8-16-17(12-15)27-19(24)20-16/h7-8,12,14H,1-6,9-11,13H2,(H,20,24)/t14-/m1/s1. The van der Waals surface area contributed by atoms with Gasteiger partial charge in [0.2, 0.25) is 15.9 Å². The molecule has 1 aromatic carbocycles. The highest BCUT2D eigenvalue weighted by atomic mass is 32.2. The number of fused-ring (bicyclic) bond motifs is 1. The molecule has 0 saturated carbocycles. The molecule has 0 spiro atoms. The topological polar surface area (TPSA) is 104 Å². The number of hydrogen-bond acceptors (Lipinski definition) is 5. The number of H-pyrrole nitrogens is 1. The van der Waals surface area contributed by atoms with Crippen LogP contribution in [0.5, 0.6) is 0 Å². The molecule has 0 bridgehead atoms. The van der Waals surface area contributed by atoms with Crippen molar-refractivity contribution in [3.05, 3.63) is 28.7 Å². The number of amides is 1. The average Bonchev–Trinajstić information content (AvgIpc) is 2.89. The van der Waals surface area contributed by atoms with Gasteiger partial charge in [0, 0.05) is 32.2 Å². The number of nitrogens with one attached hydrogen (secondary N) is 1. The van der Waals surface area contributed by atoms with Crippen molar-refractivity contribution in [2.24, 2.45) is 5.92 Å². The number of sulfonamides is 1. The maximum Gasteiger partial charge on any atom is 0.417 e. The third kappa shape index (κ3) is 3.73. The van der Waals surface area contributed by atoms with Gasteiger partial charge in [-0.3, -0.25) is 9.78 Å². The number of carbonyl (C=O) groups excluding carboxylic acids is 1. The minimum Gasteiger partial charge on any atom is -0.408 e. The van der Waals surface area contributed by atoms with Gasteiger partial charge in [-0.25, -0.2) is 13.2 Å². The van der Waals surface area contributed by atoms with Crippen molar-refractivity contribution in [3.8, 4) is 0 Å².